The normalized spacial score (nSPS) is 18.2. The standard InChI is InChI=1S/C25H26N4O5/c26-25(31)34-24(30)17-8-11-29(12-9-17)15-21-13-18-3-6-20(14-23(18)33-21)32-19-4-1-16(2-5-19)22-7-10-27-28-22/h1-7,10,14,17,21H,8-9,11-13,15H2,(H2,26,31)(H,27,28). The van der Waals surface area contributed by atoms with Crippen molar-refractivity contribution in [3.8, 4) is 28.5 Å². The van der Waals surface area contributed by atoms with Gasteiger partial charge in [-0.05, 0) is 73.5 Å². The van der Waals surface area contributed by atoms with Gasteiger partial charge in [0, 0.05) is 25.2 Å². The fraction of sp³-hybridized carbons (Fsp3) is 0.320. The summed E-state index contributed by atoms with van der Waals surface area (Å²) >= 11 is 0. The molecule has 1 saturated heterocycles. The molecule has 0 aliphatic carbocycles. The number of hydrogen-bond acceptors (Lipinski definition) is 7. The molecule has 5 rings (SSSR count). The van der Waals surface area contributed by atoms with Crippen molar-refractivity contribution in [1.29, 1.82) is 0 Å². The number of esters is 1. The molecule has 3 aromatic rings. The van der Waals surface area contributed by atoms with E-state index in [1.54, 1.807) is 6.20 Å². The molecule has 1 amide bonds. The van der Waals surface area contributed by atoms with Crippen molar-refractivity contribution in [1.82, 2.24) is 15.1 Å². The Kier molecular flexibility index (Phi) is 6.18. The van der Waals surface area contributed by atoms with E-state index in [0.29, 0.717) is 12.8 Å². The first kappa shape index (κ1) is 22.0. The highest BCUT2D eigenvalue weighted by atomic mass is 16.6. The van der Waals surface area contributed by atoms with E-state index in [2.05, 4.69) is 25.9 Å². The summed E-state index contributed by atoms with van der Waals surface area (Å²) in [6.45, 7) is 2.27. The molecule has 0 radical (unpaired) electrons. The van der Waals surface area contributed by atoms with Gasteiger partial charge in [0.15, 0.2) is 0 Å². The van der Waals surface area contributed by atoms with Crippen molar-refractivity contribution in [3.05, 3.63) is 60.3 Å². The maximum Gasteiger partial charge on any atom is 0.412 e. The Morgan fingerprint density at radius 3 is 2.56 bits per heavy atom. The average molecular weight is 463 g/mol. The second kappa shape index (κ2) is 9.56. The van der Waals surface area contributed by atoms with Crippen LogP contribution in [0.4, 0.5) is 4.79 Å². The maximum absolute atomic E-state index is 11.9. The van der Waals surface area contributed by atoms with E-state index < -0.39 is 12.1 Å². The number of H-pyrrole nitrogens is 1. The Hall–Kier alpha value is -3.85. The highest BCUT2D eigenvalue weighted by Gasteiger charge is 2.30. The molecule has 1 unspecified atom stereocenters. The summed E-state index contributed by atoms with van der Waals surface area (Å²) in [5.74, 6) is 1.51. The van der Waals surface area contributed by atoms with Gasteiger partial charge in [0.25, 0.3) is 0 Å². The molecule has 1 fully saturated rings. The average Bonchev–Trinajstić information content (AvgIpc) is 3.49. The van der Waals surface area contributed by atoms with Crippen LogP contribution >= 0.6 is 0 Å². The number of primary amides is 1. The van der Waals surface area contributed by atoms with Crippen LogP contribution in [0, 0.1) is 5.92 Å². The number of nitrogens with zero attached hydrogens (tertiary/aromatic N) is 2. The molecule has 1 aromatic heterocycles. The zero-order chi connectivity index (χ0) is 23.5. The Morgan fingerprint density at radius 1 is 1.09 bits per heavy atom. The number of amides is 1. The van der Waals surface area contributed by atoms with E-state index in [9.17, 15) is 9.59 Å². The van der Waals surface area contributed by atoms with E-state index in [0.717, 1.165) is 60.1 Å². The monoisotopic (exact) mass is 462 g/mol. The van der Waals surface area contributed by atoms with Crippen molar-refractivity contribution in [2.75, 3.05) is 19.6 Å². The first-order valence-corrected chi connectivity index (χ1v) is 11.3. The number of aromatic nitrogens is 2. The smallest absolute Gasteiger partial charge is 0.412 e. The first-order valence-electron chi connectivity index (χ1n) is 11.3. The summed E-state index contributed by atoms with van der Waals surface area (Å²) in [6.07, 6.45) is 2.85. The van der Waals surface area contributed by atoms with Gasteiger partial charge in [-0.2, -0.15) is 5.10 Å². The van der Waals surface area contributed by atoms with Crippen LogP contribution in [-0.2, 0) is 16.0 Å². The third-order valence-corrected chi connectivity index (χ3v) is 6.27. The molecule has 176 valence electrons. The second-order valence-corrected chi connectivity index (χ2v) is 8.63. The molecule has 2 aliphatic rings. The molecule has 3 N–H and O–H groups in total. The number of nitrogens with one attached hydrogen (secondary N) is 1. The van der Waals surface area contributed by atoms with E-state index in [1.807, 2.05) is 42.5 Å². The molecule has 1 atom stereocenters. The van der Waals surface area contributed by atoms with Gasteiger partial charge in [0.05, 0.1) is 11.6 Å². The molecule has 34 heavy (non-hydrogen) atoms. The largest absolute Gasteiger partial charge is 0.488 e. The number of benzene rings is 2. The van der Waals surface area contributed by atoms with Crippen molar-refractivity contribution >= 4 is 12.1 Å². The lowest BCUT2D eigenvalue weighted by molar-refractivity contribution is -0.143. The van der Waals surface area contributed by atoms with Gasteiger partial charge < -0.3 is 19.9 Å². The van der Waals surface area contributed by atoms with Crippen LogP contribution in [0.15, 0.2) is 54.7 Å². The minimum atomic E-state index is -1.04. The Balaban J connectivity index is 1.13. The van der Waals surface area contributed by atoms with Gasteiger partial charge in [0.1, 0.15) is 23.4 Å². The highest BCUT2D eigenvalue weighted by Crippen LogP contribution is 2.35. The number of hydrogen-bond donors (Lipinski definition) is 2. The fourth-order valence-electron chi connectivity index (χ4n) is 4.52. The Bertz CT molecular complexity index is 1150. The first-order chi connectivity index (χ1) is 16.5. The number of carbonyl (C=O) groups is 2. The predicted octanol–water partition coefficient (Wildman–Crippen LogP) is 3.51. The summed E-state index contributed by atoms with van der Waals surface area (Å²) in [4.78, 5) is 24.9. The molecule has 0 bridgehead atoms. The summed E-state index contributed by atoms with van der Waals surface area (Å²) < 4.78 is 16.7. The highest BCUT2D eigenvalue weighted by molar-refractivity contribution is 5.85. The minimum absolute atomic E-state index is 0.0491. The van der Waals surface area contributed by atoms with Gasteiger partial charge in [0.2, 0.25) is 0 Å². The van der Waals surface area contributed by atoms with Crippen LogP contribution in [-0.4, -0.2) is 52.9 Å². The number of aromatic amines is 1. The molecular weight excluding hydrogens is 436 g/mol. The third kappa shape index (κ3) is 5.04. The van der Waals surface area contributed by atoms with Crippen molar-refractivity contribution in [2.45, 2.75) is 25.4 Å². The molecular formula is C25H26N4O5. The van der Waals surface area contributed by atoms with Gasteiger partial charge in [-0.25, -0.2) is 4.79 Å². The van der Waals surface area contributed by atoms with Gasteiger partial charge in [-0.15, -0.1) is 0 Å². The molecule has 3 heterocycles. The Labute approximate surface area is 196 Å². The van der Waals surface area contributed by atoms with E-state index >= 15 is 0 Å². The molecule has 9 nitrogen and oxygen atoms in total. The van der Waals surface area contributed by atoms with Crippen LogP contribution in [0.2, 0.25) is 0 Å². The van der Waals surface area contributed by atoms with Crippen molar-refractivity contribution in [3.63, 3.8) is 0 Å². The number of fused-ring (bicyclic) bond motifs is 1. The van der Waals surface area contributed by atoms with E-state index in [1.165, 1.54) is 0 Å². The number of ether oxygens (including phenoxy) is 3. The van der Waals surface area contributed by atoms with Crippen molar-refractivity contribution < 1.29 is 23.8 Å². The van der Waals surface area contributed by atoms with Gasteiger partial charge in [-0.3, -0.25) is 14.8 Å². The molecule has 9 heteroatoms. The maximum atomic E-state index is 11.9. The lowest BCUT2D eigenvalue weighted by atomic mass is 9.96. The molecule has 2 aromatic carbocycles. The summed E-state index contributed by atoms with van der Waals surface area (Å²) in [5.41, 5.74) is 8.09. The van der Waals surface area contributed by atoms with Crippen molar-refractivity contribution in [2.24, 2.45) is 11.7 Å². The lowest BCUT2D eigenvalue weighted by Gasteiger charge is -2.31. The number of carbonyl (C=O) groups excluding carboxylic acids is 2. The lowest BCUT2D eigenvalue weighted by Crippen LogP contribution is -2.42. The quantitative estimate of drug-likeness (QED) is 0.425. The van der Waals surface area contributed by atoms with E-state index in [4.69, 9.17) is 15.2 Å². The van der Waals surface area contributed by atoms with Crippen LogP contribution in [0.3, 0.4) is 0 Å². The van der Waals surface area contributed by atoms with Crippen LogP contribution in [0.5, 0.6) is 17.2 Å². The minimum Gasteiger partial charge on any atom is -0.488 e. The van der Waals surface area contributed by atoms with Gasteiger partial charge >= 0.3 is 12.1 Å². The van der Waals surface area contributed by atoms with Gasteiger partial charge in [-0.1, -0.05) is 6.07 Å². The van der Waals surface area contributed by atoms with Crippen LogP contribution < -0.4 is 15.2 Å². The fourth-order valence-corrected chi connectivity index (χ4v) is 4.52. The third-order valence-electron chi connectivity index (χ3n) is 6.27. The zero-order valence-corrected chi connectivity index (χ0v) is 18.6. The zero-order valence-electron chi connectivity index (χ0n) is 18.6. The number of piperidine rings is 1. The summed E-state index contributed by atoms with van der Waals surface area (Å²) in [6, 6.07) is 15.7. The number of rotatable bonds is 6. The molecule has 2 aliphatic heterocycles. The summed E-state index contributed by atoms with van der Waals surface area (Å²) in [5, 5.41) is 6.93. The molecule has 0 spiro atoms. The SMILES string of the molecule is NC(=O)OC(=O)C1CCN(CC2Cc3ccc(Oc4ccc(-c5ccn[nH]5)cc4)cc3O2)CC1. The van der Waals surface area contributed by atoms with Crippen LogP contribution in [0.1, 0.15) is 18.4 Å². The summed E-state index contributed by atoms with van der Waals surface area (Å²) in [7, 11) is 0. The van der Waals surface area contributed by atoms with E-state index in [-0.39, 0.29) is 12.0 Å². The number of likely N-dealkylation sites (tertiary alicyclic amines) is 1. The Morgan fingerprint density at radius 2 is 1.85 bits per heavy atom. The molecule has 0 saturated carbocycles. The second-order valence-electron chi connectivity index (χ2n) is 8.63. The van der Waals surface area contributed by atoms with Crippen LogP contribution in [0.25, 0.3) is 11.3 Å². The predicted molar refractivity (Wildman–Crippen MR) is 123 cm³/mol. The number of nitrogens with two attached hydrogens (primary N) is 1. The topological polar surface area (TPSA) is 120 Å².